The van der Waals surface area contributed by atoms with Crippen LogP contribution in [0.15, 0.2) is 110 Å². The van der Waals surface area contributed by atoms with E-state index in [-0.39, 0.29) is 26.4 Å². The third-order valence-electron chi connectivity index (χ3n) is 8.13. The molecular formula is C37H32O8. The number of aliphatic hydroxyl groups is 2. The third kappa shape index (κ3) is 5.44. The van der Waals surface area contributed by atoms with E-state index in [1.807, 2.05) is 48.5 Å². The molecule has 3 atom stereocenters. The normalized spacial score (nSPS) is 16.5. The number of carbonyl (C=O) groups excluding carboxylic acids is 2. The Morgan fingerprint density at radius 1 is 0.689 bits per heavy atom. The summed E-state index contributed by atoms with van der Waals surface area (Å²) in [5.41, 5.74) is 8.93. The predicted octanol–water partition coefficient (Wildman–Crippen LogP) is 5.06. The molecule has 4 aromatic carbocycles. The van der Waals surface area contributed by atoms with E-state index in [4.69, 9.17) is 18.9 Å². The first kappa shape index (κ1) is 30.0. The van der Waals surface area contributed by atoms with Crippen molar-refractivity contribution in [3.63, 3.8) is 0 Å². The molecule has 3 unspecified atom stereocenters. The Hall–Kier alpha value is -5.02. The van der Waals surface area contributed by atoms with E-state index in [9.17, 15) is 19.8 Å². The first-order chi connectivity index (χ1) is 21.9. The minimum atomic E-state index is -1.29. The van der Waals surface area contributed by atoms with E-state index in [2.05, 4.69) is 49.6 Å². The Labute approximate surface area is 260 Å². The minimum absolute atomic E-state index is 0.0672. The molecule has 0 aliphatic heterocycles. The average molecular weight is 605 g/mol. The van der Waals surface area contributed by atoms with Gasteiger partial charge in [0.1, 0.15) is 31.7 Å². The van der Waals surface area contributed by atoms with Crippen molar-refractivity contribution in [2.75, 3.05) is 19.8 Å². The highest BCUT2D eigenvalue weighted by Crippen LogP contribution is 2.63. The van der Waals surface area contributed by atoms with Crippen LogP contribution >= 0.6 is 0 Å². The summed E-state index contributed by atoms with van der Waals surface area (Å²) in [5.74, 6) is -0.680. The van der Waals surface area contributed by atoms with Crippen LogP contribution in [0, 0.1) is 0 Å². The maximum absolute atomic E-state index is 11.4. The number of rotatable bonds is 12. The second kappa shape index (κ2) is 12.5. The van der Waals surface area contributed by atoms with Gasteiger partial charge in [-0.15, -0.1) is 0 Å². The fourth-order valence-corrected chi connectivity index (χ4v) is 6.28. The van der Waals surface area contributed by atoms with Crippen LogP contribution in [-0.2, 0) is 35.8 Å². The first-order valence-electron chi connectivity index (χ1n) is 14.5. The summed E-state index contributed by atoms with van der Waals surface area (Å²) < 4.78 is 21.5. The van der Waals surface area contributed by atoms with Gasteiger partial charge in [0.15, 0.2) is 6.29 Å². The number of ether oxygens (including phenoxy) is 4. The second-order valence-corrected chi connectivity index (χ2v) is 10.8. The summed E-state index contributed by atoms with van der Waals surface area (Å²) in [6.45, 7) is 6.23. The van der Waals surface area contributed by atoms with Crippen LogP contribution in [0.5, 0.6) is 5.75 Å². The molecular weight excluding hydrogens is 572 g/mol. The van der Waals surface area contributed by atoms with E-state index in [0.717, 1.165) is 62.2 Å². The molecule has 8 heteroatoms. The molecule has 6 rings (SSSR count). The molecule has 8 nitrogen and oxygen atoms in total. The van der Waals surface area contributed by atoms with Crippen LogP contribution in [0.3, 0.4) is 0 Å². The number of benzene rings is 4. The number of carbonyl (C=O) groups is 2. The van der Waals surface area contributed by atoms with E-state index >= 15 is 0 Å². The number of aliphatic hydroxyl groups excluding tert-OH is 2. The van der Waals surface area contributed by atoms with Crippen molar-refractivity contribution in [1.29, 1.82) is 0 Å². The highest BCUT2D eigenvalue weighted by atomic mass is 16.6. The summed E-state index contributed by atoms with van der Waals surface area (Å²) in [7, 11) is 0. The molecule has 1 spiro atoms. The van der Waals surface area contributed by atoms with Crippen LogP contribution in [0.2, 0.25) is 0 Å². The smallest absolute Gasteiger partial charge is 0.330 e. The number of esters is 2. The molecule has 2 aliphatic rings. The van der Waals surface area contributed by atoms with E-state index < -0.39 is 29.7 Å². The summed E-state index contributed by atoms with van der Waals surface area (Å²) in [6.07, 6.45) is -0.236. The van der Waals surface area contributed by atoms with Gasteiger partial charge in [0.2, 0.25) is 0 Å². The van der Waals surface area contributed by atoms with Gasteiger partial charge in [-0.05, 0) is 62.2 Å². The van der Waals surface area contributed by atoms with Crippen LogP contribution in [0.1, 0.15) is 27.8 Å². The maximum Gasteiger partial charge on any atom is 0.330 e. The zero-order valence-corrected chi connectivity index (χ0v) is 24.5. The molecule has 0 radical (unpaired) electrons. The molecule has 0 amide bonds. The summed E-state index contributed by atoms with van der Waals surface area (Å²) in [6, 6.07) is 28.8. The average Bonchev–Trinajstić information content (AvgIpc) is 3.54. The molecule has 0 saturated carbocycles. The van der Waals surface area contributed by atoms with Gasteiger partial charge >= 0.3 is 11.9 Å². The molecule has 0 heterocycles. The Bertz CT molecular complexity index is 1660. The third-order valence-corrected chi connectivity index (χ3v) is 8.13. The lowest BCUT2D eigenvalue weighted by atomic mass is 9.70. The number of hydrogen-bond acceptors (Lipinski definition) is 8. The quantitative estimate of drug-likeness (QED) is 0.113. The first-order valence-corrected chi connectivity index (χ1v) is 14.5. The Morgan fingerprint density at radius 3 is 1.89 bits per heavy atom. The van der Waals surface area contributed by atoms with Crippen molar-refractivity contribution in [3.05, 3.63) is 138 Å². The van der Waals surface area contributed by atoms with Crippen LogP contribution in [-0.4, -0.2) is 54.4 Å². The van der Waals surface area contributed by atoms with Crippen molar-refractivity contribution in [2.24, 2.45) is 0 Å². The van der Waals surface area contributed by atoms with Gasteiger partial charge in [-0.2, -0.15) is 0 Å². The highest BCUT2D eigenvalue weighted by molar-refractivity contribution is 5.95. The summed E-state index contributed by atoms with van der Waals surface area (Å²) in [5, 5.41) is 20.6. The number of fused-ring (bicyclic) bond motifs is 10. The minimum Gasteiger partial charge on any atom is -0.491 e. The van der Waals surface area contributed by atoms with E-state index in [1.54, 1.807) is 0 Å². The van der Waals surface area contributed by atoms with E-state index in [1.165, 1.54) is 0 Å². The van der Waals surface area contributed by atoms with Crippen molar-refractivity contribution >= 4 is 11.9 Å². The number of hydrogen-bond donors (Lipinski definition) is 2. The summed E-state index contributed by atoms with van der Waals surface area (Å²) >= 11 is 0. The largest absolute Gasteiger partial charge is 0.491 e. The van der Waals surface area contributed by atoms with Crippen molar-refractivity contribution in [1.82, 2.24) is 0 Å². The van der Waals surface area contributed by atoms with Gasteiger partial charge < -0.3 is 29.2 Å². The second-order valence-electron chi connectivity index (χ2n) is 10.8. The monoisotopic (exact) mass is 604 g/mol. The lowest BCUT2D eigenvalue weighted by molar-refractivity contribution is -0.164. The Morgan fingerprint density at radius 2 is 1.24 bits per heavy atom. The molecule has 45 heavy (non-hydrogen) atoms. The van der Waals surface area contributed by atoms with Gasteiger partial charge in [-0.25, -0.2) is 9.59 Å². The summed E-state index contributed by atoms with van der Waals surface area (Å²) in [4.78, 5) is 22.8. The fraction of sp³-hybridized carbons (Fsp3) is 0.189. The lowest BCUT2D eigenvalue weighted by Crippen LogP contribution is -2.27. The molecule has 0 fully saturated rings. The Kier molecular flexibility index (Phi) is 8.36. The van der Waals surface area contributed by atoms with Crippen LogP contribution in [0.4, 0.5) is 0 Å². The van der Waals surface area contributed by atoms with Gasteiger partial charge in [0.05, 0.1) is 12.0 Å². The van der Waals surface area contributed by atoms with Crippen LogP contribution < -0.4 is 4.74 Å². The standard InChI is InChI=1S/C37H32O8/c1-3-34(39)44-21-24(38)20-42-25-14-16-29-27-10-6-8-12-31(27)37(33(29)18-25)30-11-7-5-9-26(30)28-15-13-23(17-32(28)37)19-43-36(41)22-45-35(40)4-2/h3-18,24,36,38,41H,1-2,19-22H2. The molecule has 0 bridgehead atoms. The highest BCUT2D eigenvalue weighted by Gasteiger charge is 2.51. The molecule has 2 aliphatic carbocycles. The topological polar surface area (TPSA) is 112 Å². The molecule has 0 aromatic heterocycles. The maximum atomic E-state index is 11.4. The van der Waals surface area contributed by atoms with E-state index in [0.29, 0.717) is 5.75 Å². The lowest BCUT2D eigenvalue weighted by Gasteiger charge is -2.31. The van der Waals surface area contributed by atoms with Gasteiger partial charge in [-0.3, -0.25) is 0 Å². The van der Waals surface area contributed by atoms with Crippen molar-refractivity contribution in [2.45, 2.75) is 24.4 Å². The van der Waals surface area contributed by atoms with Crippen molar-refractivity contribution < 1.29 is 38.7 Å². The van der Waals surface area contributed by atoms with Gasteiger partial charge in [0.25, 0.3) is 0 Å². The SMILES string of the molecule is C=CC(=O)OCC(O)COc1ccc2c(c1)C1(c3ccccc3-c3ccc(COC(O)COC(=O)C=C)cc31)c1ccccc1-2. The molecule has 2 N–H and O–H groups in total. The Balaban J connectivity index is 1.38. The van der Waals surface area contributed by atoms with Crippen molar-refractivity contribution in [3.8, 4) is 28.0 Å². The zero-order chi connectivity index (χ0) is 31.6. The molecule has 228 valence electrons. The van der Waals surface area contributed by atoms with Gasteiger partial charge in [-0.1, -0.05) is 86.0 Å². The fourth-order valence-electron chi connectivity index (χ4n) is 6.28. The molecule has 0 saturated heterocycles. The zero-order valence-electron chi connectivity index (χ0n) is 24.5. The predicted molar refractivity (Wildman–Crippen MR) is 167 cm³/mol. The molecule has 4 aromatic rings. The van der Waals surface area contributed by atoms with Crippen LogP contribution in [0.25, 0.3) is 22.3 Å². The van der Waals surface area contributed by atoms with Gasteiger partial charge in [0, 0.05) is 12.2 Å².